The lowest BCUT2D eigenvalue weighted by atomic mass is 9.80. The molecule has 1 aromatic rings. The molecule has 0 N–H and O–H groups in total. The van der Waals surface area contributed by atoms with Crippen molar-refractivity contribution < 1.29 is 13.5 Å². The van der Waals surface area contributed by atoms with Gasteiger partial charge < -0.3 is 9.31 Å². The van der Waals surface area contributed by atoms with E-state index in [0.29, 0.717) is 5.69 Å². The van der Waals surface area contributed by atoms with Crippen LogP contribution in [0.15, 0.2) is 22.8 Å². The molecule has 110 valence electrons. The second-order valence-electron chi connectivity index (χ2n) is 6.34. The van der Waals surface area contributed by atoms with Gasteiger partial charge in [0.2, 0.25) is 0 Å². The highest BCUT2D eigenvalue weighted by atomic mass is 32.2. The monoisotopic (exact) mass is 296 g/mol. The first-order valence-corrected chi connectivity index (χ1v) is 8.81. The van der Waals surface area contributed by atoms with Gasteiger partial charge in [-0.1, -0.05) is 0 Å². The number of aromatic nitrogens is 1. The Morgan fingerprint density at radius 1 is 1.15 bits per heavy atom. The van der Waals surface area contributed by atoms with Crippen molar-refractivity contribution in [1.82, 2.24) is 4.98 Å². The predicted octanol–water partition coefficient (Wildman–Crippen LogP) is 1.74. The zero-order valence-electron chi connectivity index (χ0n) is 12.8. The highest BCUT2D eigenvalue weighted by Crippen LogP contribution is 2.36. The Bertz CT molecular complexity index is 612. The van der Waals surface area contributed by atoms with Gasteiger partial charge >= 0.3 is 7.12 Å². The third kappa shape index (κ3) is 3.21. The fourth-order valence-electron chi connectivity index (χ4n) is 1.86. The first kappa shape index (κ1) is 15.5. The van der Waals surface area contributed by atoms with Crippen molar-refractivity contribution in [2.75, 3.05) is 12.5 Å². The summed E-state index contributed by atoms with van der Waals surface area (Å²) in [5, 5.41) is 0. The van der Waals surface area contributed by atoms with Crippen LogP contribution in [0.2, 0.25) is 0 Å². The Morgan fingerprint density at radius 2 is 1.70 bits per heavy atom. The number of hydrogen-bond donors (Lipinski definition) is 0. The van der Waals surface area contributed by atoms with Crippen LogP contribution < -0.4 is 5.46 Å². The van der Waals surface area contributed by atoms with Crippen LogP contribution in [0.25, 0.3) is 0 Å². The Labute approximate surface area is 121 Å². The molecule has 7 heteroatoms. The van der Waals surface area contributed by atoms with E-state index in [0.717, 1.165) is 5.46 Å². The highest BCUT2D eigenvalue weighted by Gasteiger charge is 2.51. The third-order valence-corrected chi connectivity index (χ3v) is 4.25. The first-order chi connectivity index (χ1) is 9.00. The molecular weight excluding hydrogens is 275 g/mol. The van der Waals surface area contributed by atoms with E-state index in [1.807, 2.05) is 33.8 Å². The van der Waals surface area contributed by atoms with Crippen LogP contribution in [0.3, 0.4) is 0 Å². The molecule has 1 aromatic heterocycles. The zero-order chi connectivity index (χ0) is 15.2. The van der Waals surface area contributed by atoms with Gasteiger partial charge in [0.05, 0.1) is 23.1 Å². The zero-order valence-corrected chi connectivity index (χ0v) is 13.7. The van der Waals surface area contributed by atoms with Crippen LogP contribution in [0.4, 0.5) is 5.69 Å². The van der Waals surface area contributed by atoms with Crippen molar-refractivity contribution >= 4 is 28.0 Å². The van der Waals surface area contributed by atoms with Crippen molar-refractivity contribution in [2.24, 2.45) is 4.36 Å². The highest BCUT2D eigenvalue weighted by molar-refractivity contribution is 7.92. The predicted molar refractivity (Wildman–Crippen MR) is 82.0 cm³/mol. The summed E-state index contributed by atoms with van der Waals surface area (Å²) in [6, 6.07) is 1.81. The number of hydrogen-bond acceptors (Lipinski definition) is 5. The van der Waals surface area contributed by atoms with Gasteiger partial charge in [0, 0.05) is 33.9 Å². The van der Waals surface area contributed by atoms with Gasteiger partial charge in [-0.05, 0) is 33.8 Å². The lowest BCUT2D eigenvalue weighted by Crippen LogP contribution is -2.41. The summed E-state index contributed by atoms with van der Waals surface area (Å²) in [6.45, 7) is 8.00. The summed E-state index contributed by atoms with van der Waals surface area (Å²) in [7, 11) is -2.69. The van der Waals surface area contributed by atoms with E-state index in [2.05, 4.69) is 9.35 Å². The first-order valence-electron chi connectivity index (χ1n) is 6.48. The molecule has 1 fully saturated rings. The standard InChI is InChI=1S/C13H21BN2O3S/c1-12(2)13(3,4)19-14(18-12)10-7-11(9-15-8-10)16-20(5,6)17/h7-9H,1-6H3. The summed E-state index contributed by atoms with van der Waals surface area (Å²) in [5.74, 6) is 0. The van der Waals surface area contributed by atoms with Gasteiger partial charge in [0.25, 0.3) is 0 Å². The molecule has 0 bridgehead atoms. The molecule has 0 unspecified atom stereocenters. The smallest absolute Gasteiger partial charge is 0.399 e. The molecule has 2 heterocycles. The average molecular weight is 296 g/mol. The number of rotatable bonds is 2. The SMILES string of the molecule is CC1(C)OB(c2cncc(N=S(C)(C)=O)c2)OC1(C)C. The summed E-state index contributed by atoms with van der Waals surface area (Å²) < 4.78 is 27.8. The van der Waals surface area contributed by atoms with Crippen molar-refractivity contribution in [3.63, 3.8) is 0 Å². The maximum atomic E-state index is 11.7. The number of pyridine rings is 1. The van der Waals surface area contributed by atoms with Crippen LogP contribution in [-0.4, -0.2) is 40.0 Å². The van der Waals surface area contributed by atoms with E-state index in [1.165, 1.54) is 0 Å². The third-order valence-electron chi connectivity index (χ3n) is 3.60. The minimum atomic E-state index is -2.21. The Morgan fingerprint density at radius 3 is 2.20 bits per heavy atom. The van der Waals surface area contributed by atoms with Crippen molar-refractivity contribution in [1.29, 1.82) is 0 Å². The van der Waals surface area contributed by atoms with Crippen molar-refractivity contribution in [3.8, 4) is 0 Å². The summed E-state index contributed by atoms with van der Waals surface area (Å²) in [5.41, 5.74) is 0.572. The molecule has 0 amide bonds. The minimum Gasteiger partial charge on any atom is -0.399 e. The quantitative estimate of drug-likeness (QED) is 0.780. The number of nitrogens with zero attached hydrogens (tertiary/aromatic N) is 2. The minimum absolute atomic E-state index is 0.395. The van der Waals surface area contributed by atoms with E-state index in [9.17, 15) is 4.21 Å². The van der Waals surface area contributed by atoms with Gasteiger partial charge in [-0.2, -0.15) is 4.36 Å². The molecule has 0 aliphatic carbocycles. The molecule has 0 atom stereocenters. The maximum absolute atomic E-state index is 11.7. The van der Waals surface area contributed by atoms with Gasteiger partial charge in [0.1, 0.15) is 0 Å². The fourth-order valence-corrected chi connectivity index (χ4v) is 2.46. The largest absolute Gasteiger partial charge is 0.496 e. The van der Waals surface area contributed by atoms with Crippen LogP contribution in [0.5, 0.6) is 0 Å². The van der Waals surface area contributed by atoms with E-state index in [-0.39, 0.29) is 0 Å². The van der Waals surface area contributed by atoms with Gasteiger partial charge in [-0.25, -0.2) is 4.21 Å². The van der Waals surface area contributed by atoms with Crippen molar-refractivity contribution in [3.05, 3.63) is 18.5 Å². The second-order valence-corrected chi connectivity index (χ2v) is 8.88. The molecule has 1 aliphatic rings. The fraction of sp³-hybridized carbons (Fsp3) is 0.615. The summed E-state index contributed by atoms with van der Waals surface area (Å²) >= 11 is 0. The van der Waals surface area contributed by atoms with Gasteiger partial charge in [0.15, 0.2) is 0 Å². The maximum Gasteiger partial charge on any atom is 0.496 e. The van der Waals surface area contributed by atoms with Crippen LogP contribution in [-0.2, 0) is 19.0 Å². The lowest BCUT2D eigenvalue weighted by Gasteiger charge is -2.32. The Hall–Kier alpha value is -0.915. The Balaban J connectivity index is 2.33. The molecule has 0 aromatic carbocycles. The molecule has 0 radical (unpaired) electrons. The van der Waals surface area contributed by atoms with Crippen LogP contribution in [0.1, 0.15) is 27.7 Å². The molecule has 1 saturated heterocycles. The molecule has 5 nitrogen and oxygen atoms in total. The molecule has 0 saturated carbocycles. The Kier molecular flexibility index (Phi) is 3.73. The van der Waals surface area contributed by atoms with Gasteiger partial charge in [-0.15, -0.1) is 0 Å². The summed E-state index contributed by atoms with van der Waals surface area (Å²) in [4.78, 5) is 4.13. The normalized spacial score (nSPS) is 21.0. The van der Waals surface area contributed by atoms with E-state index in [4.69, 9.17) is 9.31 Å². The molecule has 20 heavy (non-hydrogen) atoms. The lowest BCUT2D eigenvalue weighted by molar-refractivity contribution is 0.00578. The molecular formula is C13H21BN2O3S. The van der Waals surface area contributed by atoms with E-state index < -0.39 is 28.0 Å². The average Bonchev–Trinajstić information content (AvgIpc) is 2.46. The van der Waals surface area contributed by atoms with Gasteiger partial charge in [-0.3, -0.25) is 4.98 Å². The van der Waals surface area contributed by atoms with Crippen LogP contribution in [0, 0.1) is 0 Å². The second kappa shape index (κ2) is 4.82. The summed E-state index contributed by atoms with van der Waals surface area (Å²) in [6.07, 6.45) is 6.46. The molecule has 1 aliphatic heterocycles. The van der Waals surface area contributed by atoms with E-state index in [1.54, 1.807) is 24.9 Å². The molecule has 2 rings (SSSR count). The van der Waals surface area contributed by atoms with Crippen LogP contribution >= 0.6 is 0 Å². The van der Waals surface area contributed by atoms with E-state index >= 15 is 0 Å². The topological polar surface area (TPSA) is 60.8 Å². The molecule has 0 spiro atoms. The van der Waals surface area contributed by atoms with Crippen molar-refractivity contribution in [2.45, 2.75) is 38.9 Å².